The highest BCUT2D eigenvalue weighted by Crippen LogP contribution is 2.22. The molecule has 0 saturated heterocycles. The fourth-order valence-corrected chi connectivity index (χ4v) is 2.61. The van der Waals surface area contributed by atoms with E-state index in [1.807, 2.05) is 12.1 Å². The molecule has 3 N–H and O–H groups in total. The van der Waals surface area contributed by atoms with Crippen molar-refractivity contribution in [3.63, 3.8) is 0 Å². The van der Waals surface area contributed by atoms with Gasteiger partial charge in [0.2, 0.25) is 0 Å². The standard InChI is InChI=1S/C22H29N3O/c1-22(2,3)19-8-4-7-18(12-19)15-25-11-10-20(24)16-26-21-9-5-6-17(13-21)14-23/h4-9,12-13,20,25H,10-11,15-16,24H2,1-3H3. The van der Waals surface area contributed by atoms with Crippen molar-refractivity contribution in [1.29, 1.82) is 5.26 Å². The van der Waals surface area contributed by atoms with Crippen LogP contribution >= 0.6 is 0 Å². The first-order chi connectivity index (χ1) is 12.4. The lowest BCUT2D eigenvalue weighted by molar-refractivity contribution is 0.281. The van der Waals surface area contributed by atoms with Crippen molar-refractivity contribution in [2.24, 2.45) is 5.73 Å². The Morgan fingerprint density at radius 3 is 2.65 bits per heavy atom. The highest BCUT2D eigenvalue weighted by Gasteiger charge is 2.13. The van der Waals surface area contributed by atoms with Crippen LogP contribution in [0.3, 0.4) is 0 Å². The number of hydrogen-bond donors (Lipinski definition) is 2. The van der Waals surface area contributed by atoms with Crippen molar-refractivity contribution in [3.05, 3.63) is 65.2 Å². The smallest absolute Gasteiger partial charge is 0.120 e. The Labute approximate surface area is 157 Å². The van der Waals surface area contributed by atoms with Crippen LogP contribution < -0.4 is 15.8 Å². The zero-order valence-electron chi connectivity index (χ0n) is 16.0. The number of nitriles is 1. The van der Waals surface area contributed by atoms with Crippen LogP contribution in [0.5, 0.6) is 5.75 Å². The van der Waals surface area contributed by atoms with E-state index >= 15 is 0 Å². The van der Waals surface area contributed by atoms with E-state index < -0.39 is 0 Å². The fourth-order valence-electron chi connectivity index (χ4n) is 2.61. The summed E-state index contributed by atoms with van der Waals surface area (Å²) < 4.78 is 5.67. The second-order valence-corrected chi connectivity index (χ2v) is 7.63. The van der Waals surface area contributed by atoms with Gasteiger partial charge >= 0.3 is 0 Å². The van der Waals surface area contributed by atoms with E-state index in [-0.39, 0.29) is 11.5 Å². The van der Waals surface area contributed by atoms with Crippen LogP contribution in [0.2, 0.25) is 0 Å². The molecule has 2 aromatic carbocycles. The molecule has 0 spiro atoms. The summed E-state index contributed by atoms with van der Waals surface area (Å²) in [7, 11) is 0. The molecular formula is C22H29N3O. The summed E-state index contributed by atoms with van der Waals surface area (Å²) >= 11 is 0. The van der Waals surface area contributed by atoms with Gasteiger partial charge in [-0.25, -0.2) is 0 Å². The van der Waals surface area contributed by atoms with Gasteiger partial charge < -0.3 is 15.8 Å². The van der Waals surface area contributed by atoms with Gasteiger partial charge in [-0.2, -0.15) is 5.26 Å². The zero-order valence-corrected chi connectivity index (χ0v) is 16.0. The maximum absolute atomic E-state index is 8.90. The van der Waals surface area contributed by atoms with Gasteiger partial charge in [0.05, 0.1) is 11.6 Å². The molecule has 4 heteroatoms. The van der Waals surface area contributed by atoms with Gasteiger partial charge in [0.25, 0.3) is 0 Å². The van der Waals surface area contributed by atoms with Crippen molar-refractivity contribution in [3.8, 4) is 11.8 Å². The molecule has 0 radical (unpaired) electrons. The van der Waals surface area contributed by atoms with Gasteiger partial charge in [-0.15, -0.1) is 0 Å². The molecule has 2 rings (SSSR count). The van der Waals surface area contributed by atoms with Gasteiger partial charge in [-0.3, -0.25) is 0 Å². The van der Waals surface area contributed by atoms with Gasteiger partial charge in [0, 0.05) is 12.6 Å². The van der Waals surface area contributed by atoms with E-state index in [4.69, 9.17) is 15.7 Å². The van der Waals surface area contributed by atoms with E-state index in [2.05, 4.69) is 56.4 Å². The first-order valence-corrected chi connectivity index (χ1v) is 9.07. The van der Waals surface area contributed by atoms with Crippen molar-refractivity contribution >= 4 is 0 Å². The van der Waals surface area contributed by atoms with E-state index in [0.717, 1.165) is 19.5 Å². The molecule has 0 aliphatic heterocycles. The summed E-state index contributed by atoms with van der Waals surface area (Å²) in [6.45, 7) is 8.79. The maximum atomic E-state index is 8.90. The molecule has 0 fully saturated rings. The van der Waals surface area contributed by atoms with Crippen LogP contribution in [0.4, 0.5) is 0 Å². The third-order valence-corrected chi connectivity index (χ3v) is 4.24. The van der Waals surface area contributed by atoms with E-state index in [1.165, 1.54) is 11.1 Å². The Morgan fingerprint density at radius 1 is 1.15 bits per heavy atom. The first kappa shape index (κ1) is 20.0. The van der Waals surface area contributed by atoms with Crippen LogP contribution in [-0.4, -0.2) is 19.2 Å². The molecule has 138 valence electrons. The highest BCUT2D eigenvalue weighted by atomic mass is 16.5. The average Bonchev–Trinajstić information content (AvgIpc) is 2.63. The summed E-state index contributed by atoms with van der Waals surface area (Å²) in [5.41, 5.74) is 9.52. The molecule has 0 saturated carbocycles. The minimum absolute atomic E-state index is 0.0471. The lowest BCUT2D eigenvalue weighted by Crippen LogP contribution is -2.31. The summed E-state index contributed by atoms with van der Waals surface area (Å²) in [5, 5.41) is 12.3. The number of hydrogen-bond acceptors (Lipinski definition) is 4. The molecule has 2 aromatic rings. The van der Waals surface area contributed by atoms with Crippen molar-refractivity contribution in [1.82, 2.24) is 5.32 Å². The topological polar surface area (TPSA) is 71.1 Å². The van der Waals surface area contributed by atoms with Gasteiger partial charge in [-0.05, 0) is 47.7 Å². The van der Waals surface area contributed by atoms with Crippen molar-refractivity contribution < 1.29 is 4.74 Å². The summed E-state index contributed by atoms with van der Waals surface area (Å²) in [6.07, 6.45) is 0.830. The Kier molecular flexibility index (Phi) is 7.20. The van der Waals surface area contributed by atoms with E-state index in [0.29, 0.717) is 17.9 Å². The number of ether oxygens (including phenoxy) is 1. The Balaban J connectivity index is 1.70. The number of nitrogens with one attached hydrogen (secondary N) is 1. The minimum atomic E-state index is -0.0471. The average molecular weight is 351 g/mol. The second-order valence-electron chi connectivity index (χ2n) is 7.63. The van der Waals surface area contributed by atoms with Crippen molar-refractivity contribution in [2.45, 2.75) is 45.2 Å². The normalized spacial score (nSPS) is 12.4. The molecule has 0 aliphatic rings. The highest BCUT2D eigenvalue weighted by molar-refractivity contribution is 5.36. The molecular weight excluding hydrogens is 322 g/mol. The first-order valence-electron chi connectivity index (χ1n) is 9.07. The molecule has 1 unspecified atom stereocenters. The molecule has 0 bridgehead atoms. The molecule has 26 heavy (non-hydrogen) atoms. The van der Waals surface area contributed by atoms with Crippen LogP contribution in [0.15, 0.2) is 48.5 Å². The maximum Gasteiger partial charge on any atom is 0.120 e. The van der Waals surface area contributed by atoms with Crippen LogP contribution in [0, 0.1) is 11.3 Å². The van der Waals surface area contributed by atoms with Gasteiger partial charge in [0.1, 0.15) is 12.4 Å². The monoisotopic (exact) mass is 351 g/mol. The van der Waals surface area contributed by atoms with Crippen molar-refractivity contribution in [2.75, 3.05) is 13.2 Å². The lowest BCUT2D eigenvalue weighted by atomic mass is 9.86. The quantitative estimate of drug-likeness (QED) is 0.711. The predicted molar refractivity (Wildman–Crippen MR) is 106 cm³/mol. The third-order valence-electron chi connectivity index (χ3n) is 4.24. The van der Waals surface area contributed by atoms with Crippen LogP contribution in [0.1, 0.15) is 43.9 Å². The van der Waals surface area contributed by atoms with Crippen LogP contribution in [-0.2, 0) is 12.0 Å². The predicted octanol–water partition coefficient (Wildman–Crippen LogP) is 3.74. The Bertz CT molecular complexity index is 744. The number of nitrogens with two attached hydrogens (primary N) is 1. The summed E-state index contributed by atoms with van der Waals surface area (Å²) in [5.74, 6) is 0.687. The summed E-state index contributed by atoms with van der Waals surface area (Å²) in [6, 6.07) is 17.9. The third kappa shape index (κ3) is 6.51. The van der Waals surface area contributed by atoms with Gasteiger partial charge in [-0.1, -0.05) is 51.1 Å². The number of benzene rings is 2. The molecule has 0 amide bonds. The van der Waals surface area contributed by atoms with Gasteiger partial charge in [0.15, 0.2) is 0 Å². The number of nitrogens with zero attached hydrogens (tertiary/aromatic N) is 1. The number of rotatable bonds is 8. The Hall–Kier alpha value is -2.35. The largest absolute Gasteiger partial charge is 0.492 e. The molecule has 0 heterocycles. The Morgan fingerprint density at radius 2 is 1.92 bits per heavy atom. The lowest BCUT2D eigenvalue weighted by Gasteiger charge is -2.20. The SMILES string of the molecule is CC(C)(C)c1cccc(CNCCC(N)COc2cccc(C#N)c2)c1. The van der Waals surface area contributed by atoms with Crippen LogP contribution in [0.25, 0.3) is 0 Å². The van der Waals surface area contributed by atoms with E-state index in [1.54, 1.807) is 12.1 Å². The molecule has 1 atom stereocenters. The fraction of sp³-hybridized carbons (Fsp3) is 0.409. The minimum Gasteiger partial charge on any atom is -0.492 e. The second kappa shape index (κ2) is 9.38. The summed E-state index contributed by atoms with van der Waals surface area (Å²) in [4.78, 5) is 0. The molecule has 4 nitrogen and oxygen atoms in total. The van der Waals surface area contributed by atoms with E-state index in [9.17, 15) is 0 Å². The zero-order chi connectivity index (χ0) is 19.0. The molecule has 0 aliphatic carbocycles. The molecule has 0 aromatic heterocycles.